The van der Waals surface area contributed by atoms with Gasteiger partial charge in [-0.2, -0.15) is 4.98 Å². The molecule has 15 heavy (non-hydrogen) atoms. The van der Waals surface area contributed by atoms with E-state index in [2.05, 4.69) is 15.3 Å². The summed E-state index contributed by atoms with van der Waals surface area (Å²) in [4.78, 5) is 8.02. The van der Waals surface area contributed by atoms with Crippen LogP contribution in [0.3, 0.4) is 0 Å². The van der Waals surface area contributed by atoms with E-state index in [0.29, 0.717) is 5.88 Å². The molecule has 1 aliphatic rings. The van der Waals surface area contributed by atoms with Gasteiger partial charge in [-0.15, -0.1) is 0 Å². The first-order valence-corrected chi connectivity index (χ1v) is 5.50. The van der Waals surface area contributed by atoms with Gasteiger partial charge in [-0.1, -0.05) is 0 Å². The summed E-state index contributed by atoms with van der Waals surface area (Å²) < 4.78 is 5.72. The monoisotopic (exact) mass is 227 g/mol. The van der Waals surface area contributed by atoms with Crippen LogP contribution in [0.2, 0.25) is 5.28 Å². The fourth-order valence-electron chi connectivity index (χ4n) is 1.66. The van der Waals surface area contributed by atoms with Crippen LogP contribution in [0, 0.1) is 6.92 Å². The van der Waals surface area contributed by atoms with Crippen molar-refractivity contribution in [1.29, 1.82) is 0 Å². The van der Waals surface area contributed by atoms with Crippen LogP contribution in [-0.2, 0) is 0 Å². The van der Waals surface area contributed by atoms with Crippen molar-refractivity contribution in [2.24, 2.45) is 0 Å². The topological polar surface area (TPSA) is 47.0 Å². The quantitative estimate of drug-likeness (QED) is 0.780. The van der Waals surface area contributed by atoms with Gasteiger partial charge >= 0.3 is 0 Å². The average Bonchev–Trinajstić information content (AvgIpc) is 2.17. The first-order valence-electron chi connectivity index (χ1n) is 5.12. The van der Waals surface area contributed by atoms with E-state index >= 15 is 0 Å². The molecule has 0 amide bonds. The highest BCUT2D eigenvalue weighted by Gasteiger charge is 2.15. The molecule has 2 heterocycles. The van der Waals surface area contributed by atoms with Gasteiger partial charge in [0.05, 0.1) is 0 Å². The third-order valence-electron chi connectivity index (χ3n) is 2.34. The van der Waals surface area contributed by atoms with E-state index in [0.717, 1.165) is 31.6 Å². The molecule has 0 aliphatic carbocycles. The molecule has 0 radical (unpaired) electrons. The predicted octanol–water partition coefficient (Wildman–Crippen LogP) is 1.57. The average molecular weight is 228 g/mol. The minimum Gasteiger partial charge on any atom is -0.473 e. The molecule has 1 aromatic heterocycles. The van der Waals surface area contributed by atoms with Gasteiger partial charge in [-0.05, 0) is 37.9 Å². The summed E-state index contributed by atoms with van der Waals surface area (Å²) >= 11 is 5.75. The van der Waals surface area contributed by atoms with Crippen LogP contribution in [0.15, 0.2) is 6.07 Å². The van der Waals surface area contributed by atoms with Crippen molar-refractivity contribution < 1.29 is 4.74 Å². The molecule has 0 unspecified atom stereocenters. The maximum absolute atomic E-state index is 5.75. The number of hydrogen-bond donors (Lipinski definition) is 1. The van der Waals surface area contributed by atoms with Crippen molar-refractivity contribution >= 4 is 11.6 Å². The number of aryl methyl sites for hydroxylation is 1. The largest absolute Gasteiger partial charge is 0.473 e. The molecular formula is C10H14ClN3O. The zero-order valence-corrected chi connectivity index (χ0v) is 9.42. The van der Waals surface area contributed by atoms with Crippen LogP contribution < -0.4 is 10.1 Å². The Morgan fingerprint density at radius 1 is 1.53 bits per heavy atom. The highest BCUT2D eigenvalue weighted by molar-refractivity contribution is 6.28. The normalized spacial score (nSPS) is 21.3. The number of piperidine rings is 1. The SMILES string of the molecule is Cc1cc(O[C@H]2CCCNC2)nc(Cl)n1. The molecule has 0 spiro atoms. The molecule has 1 atom stereocenters. The number of hydrogen-bond acceptors (Lipinski definition) is 4. The summed E-state index contributed by atoms with van der Waals surface area (Å²) in [7, 11) is 0. The minimum atomic E-state index is 0.198. The van der Waals surface area contributed by atoms with Gasteiger partial charge in [0.25, 0.3) is 0 Å². The number of nitrogens with zero attached hydrogens (tertiary/aromatic N) is 2. The van der Waals surface area contributed by atoms with Gasteiger partial charge in [0, 0.05) is 18.3 Å². The van der Waals surface area contributed by atoms with E-state index in [4.69, 9.17) is 16.3 Å². The Morgan fingerprint density at radius 2 is 2.40 bits per heavy atom. The van der Waals surface area contributed by atoms with Crippen LogP contribution in [0.1, 0.15) is 18.5 Å². The predicted molar refractivity (Wildman–Crippen MR) is 58.3 cm³/mol. The summed E-state index contributed by atoms with van der Waals surface area (Å²) in [6.45, 7) is 3.82. The Bertz CT molecular complexity index is 319. The van der Waals surface area contributed by atoms with Crippen LogP contribution >= 0.6 is 11.6 Å². The van der Waals surface area contributed by atoms with Gasteiger partial charge in [-0.25, -0.2) is 4.98 Å². The second kappa shape index (κ2) is 4.77. The number of rotatable bonds is 2. The molecule has 1 fully saturated rings. The van der Waals surface area contributed by atoms with E-state index in [1.54, 1.807) is 6.07 Å². The Balaban J connectivity index is 2.02. The molecule has 1 aliphatic heterocycles. The lowest BCUT2D eigenvalue weighted by atomic mass is 10.1. The van der Waals surface area contributed by atoms with Crippen LogP contribution in [0.25, 0.3) is 0 Å². The van der Waals surface area contributed by atoms with E-state index in [1.165, 1.54) is 0 Å². The highest BCUT2D eigenvalue weighted by Crippen LogP contribution is 2.16. The highest BCUT2D eigenvalue weighted by atomic mass is 35.5. The van der Waals surface area contributed by atoms with Crippen LogP contribution in [0.5, 0.6) is 5.88 Å². The summed E-state index contributed by atoms with van der Waals surface area (Å²) in [5.41, 5.74) is 0.828. The maximum Gasteiger partial charge on any atom is 0.225 e. The van der Waals surface area contributed by atoms with Crippen molar-refractivity contribution in [2.45, 2.75) is 25.9 Å². The van der Waals surface area contributed by atoms with Gasteiger partial charge in [0.2, 0.25) is 11.2 Å². The molecule has 1 saturated heterocycles. The van der Waals surface area contributed by atoms with Gasteiger partial charge in [-0.3, -0.25) is 0 Å². The van der Waals surface area contributed by atoms with Crippen molar-refractivity contribution in [3.05, 3.63) is 17.0 Å². The minimum absolute atomic E-state index is 0.198. The zero-order chi connectivity index (χ0) is 10.7. The van der Waals surface area contributed by atoms with Gasteiger partial charge in [0.15, 0.2) is 0 Å². The zero-order valence-electron chi connectivity index (χ0n) is 8.66. The number of halogens is 1. The smallest absolute Gasteiger partial charge is 0.225 e. The lowest BCUT2D eigenvalue weighted by Crippen LogP contribution is -2.37. The fourth-order valence-corrected chi connectivity index (χ4v) is 1.87. The lowest BCUT2D eigenvalue weighted by molar-refractivity contribution is 0.160. The molecule has 2 rings (SSSR count). The van der Waals surface area contributed by atoms with Gasteiger partial charge in [0.1, 0.15) is 6.10 Å². The lowest BCUT2D eigenvalue weighted by Gasteiger charge is -2.23. The maximum atomic E-state index is 5.75. The van der Waals surface area contributed by atoms with Crippen LogP contribution in [0.4, 0.5) is 0 Å². The molecule has 0 bridgehead atoms. The van der Waals surface area contributed by atoms with Crippen LogP contribution in [-0.4, -0.2) is 29.2 Å². The van der Waals surface area contributed by atoms with Crippen molar-refractivity contribution in [3.63, 3.8) is 0 Å². The third kappa shape index (κ3) is 3.04. The standard InChI is InChI=1S/C10H14ClN3O/c1-7-5-9(14-10(11)13-7)15-8-3-2-4-12-6-8/h5,8,12H,2-4,6H2,1H3/t8-/m0/s1. The molecule has 5 heteroatoms. The van der Waals surface area contributed by atoms with E-state index in [1.807, 2.05) is 6.92 Å². The first kappa shape index (κ1) is 10.6. The molecule has 4 nitrogen and oxygen atoms in total. The third-order valence-corrected chi connectivity index (χ3v) is 2.51. The summed E-state index contributed by atoms with van der Waals surface area (Å²) in [5.74, 6) is 0.571. The summed E-state index contributed by atoms with van der Waals surface area (Å²) in [6.07, 6.45) is 2.40. The Labute approximate surface area is 94.0 Å². The Hall–Kier alpha value is -0.870. The summed E-state index contributed by atoms with van der Waals surface area (Å²) in [6, 6.07) is 1.81. The van der Waals surface area contributed by atoms with Crippen molar-refractivity contribution in [1.82, 2.24) is 15.3 Å². The molecule has 0 saturated carbocycles. The number of nitrogens with one attached hydrogen (secondary N) is 1. The Morgan fingerprint density at radius 3 is 3.07 bits per heavy atom. The summed E-state index contributed by atoms with van der Waals surface area (Å²) in [5, 5.41) is 3.53. The molecular weight excluding hydrogens is 214 g/mol. The molecule has 82 valence electrons. The number of aromatic nitrogens is 2. The van der Waals surface area contributed by atoms with Gasteiger partial charge < -0.3 is 10.1 Å². The molecule has 0 aromatic carbocycles. The van der Waals surface area contributed by atoms with Crippen molar-refractivity contribution in [3.8, 4) is 5.88 Å². The van der Waals surface area contributed by atoms with Crippen molar-refractivity contribution in [2.75, 3.05) is 13.1 Å². The number of ether oxygens (including phenoxy) is 1. The Kier molecular flexibility index (Phi) is 3.38. The molecule has 1 N–H and O–H groups in total. The van der Waals surface area contributed by atoms with E-state index < -0.39 is 0 Å². The fraction of sp³-hybridized carbons (Fsp3) is 0.600. The molecule has 1 aromatic rings. The first-order chi connectivity index (χ1) is 7.24. The van der Waals surface area contributed by atoms with E-state index in [9.17, 15) is 0 Å². The van der Waals surface area contributed by atoms with E-state index in [-0.39, 0.29) is 11.4 Å². The second-order valence-corrected chi connectivity index (χ2v) is 4.04. The second-order valence-electron chi connectivity index (χ2n) is 3.70.